The number of ether oxygens (including phenoxy) is 2. The molecule has 5 heteroatoms. The van der Waals surface area contributed by atoms with Crippen LogP contribution < -0.4 is 9.47 Å². The van der Waals surface area contributed by atoms with Crippen LogP contribution in [0.4, 0.5) is 0 Å². The van der Waals surface area contributed by atoms with Crippen LogP contribution in [0.2, 0.25) is 5.02 Å². The van der Waals surface area contributed by atoms with Gasteiger partial charge in [-0.05, 0) is 6.07 Å². The zero-order chi connectivity index (χ0) is 11.7. The second-order valence-electron chi connectivity index (χ2n) is 3.28. The Labute approximate surface area is 97.1 Å². The Morgan fingerprint density at radius 3 is 2.75 bits per heavy atom. The number of carbonyl (C=O) groups excluding carboxylic acids is 1. The molecule has 1 aromatic carbocycles. The summed E-state index contributed by atoms with van der Waals surface area (Å²) in [7, 11) is 1.54. The topological polar surface area (TPSA) is 51.3 Å². The minimum Gasteiger partial charge on any atom is -0.495 e. The van der Waals surface area contributed by atoms with Crippen LogP contribution in [0.3, 0.4) is 0 Å². The highest BCUT2D eigenvalue weighted by Crippen LogP contribution is 2.34. The van der Waals surface area contributed by atoms with Crippen molar-refractivity contribution in [3.05, 3.63) is 23.4 Å². The van der Waals surface area contributed by atoms with Gasteiger partial charge in [0.25, 0.3) is 0 Å². The summed E-state index contributed by atoms with van der Waals surface area (Å²) in [6, 6.07) is 3.45. The van der Waals surface area contributed by atoms with Crippen LogP contribution in [0.15, 0.2) is 18.3 Å². The highest BCUT2D eigenvalue weighted by molar-refractivity contribution is 6.33. The molecule has 16 heavy (non-hydrogen) atoms. The van der Waals surface area contributed by atoms with Gasteiger partial charge in [-0.15, -0.1) is 0 Å². The third-order valence-electron chi connectivity index (χ3n) is 2.17. The van der Waals surface area contributed by atoms with Gasteiger partial charge in [0.2, 0.25) is 0 Å². The molecule has 4 nitrogen and oxygen atoms in total. The smallest absolute Gasteiger partial charge is 0.308 e. The number of rotatable bonds is 2. The minimum absolute atomic E-state index is 0.368. The number of nitrogens with one attached hydrogen (secondary N) is 1. The molecule has 0 fully saturated rings. The van der Waals surface area contributed by atoms with Gasteiger partial charge in [-0.2, -0.15) is 0 Å². The molecule has 0 radical (unpaired) electrons. The molecule has 0 aliphatic carbocycles. The predicted octanol–water partition coefficient (Wildman–Crippen LogP) is 2.76. The SMILES string of the molecule is COc1cc2[nH]cc(OC(C)=O)c2cc1Cl. The molecule has 0 atom stereocenters. The largest absolute Gasteiger partial charge is 0.495 e. The average Bonchev–Trinajstić information content (AvgIpc) is 2.59. The van der Waals surface area contributed by atoms with E-state index in [-0.39, 0.29) is 5.97 Å². The average molecular weight is 240 g/mol. The lowest BCUT2D eigenvalue weighted by atomic mass is 10.2. The van der Waals surface area contributed by atoms with Gasteiger partial charge in [-0.25, -0.2) is 0 Å². The predicted molar refractivity (Wildman–Crippen MR) is 61.2 cm³/mol. The molecule has 0 bridgehead atoms. The fraction of sp³-hybridized carbons (Fsp3) is 0.182. The lowest BCUT2D eigenvalue weighted by Gasteiger charge is -2.03. The van der Waals surface area contributed by atoms with Crippen LogP contribution in [-0.2, 0) is 4.79 Å². The number of hydrogen-bond donors (Lipinski definition) is 1. The molecule has 1 aromatic heterocycles. The molecule has 2 aromatic rings. The standard InChI is InChI=1S/C11H10ClNO3/c1-6(14)16-11-5-13-9-4-10(15-2)8(12)3-7(9)11/h3-5,13H,1-2H3. The summed E-state index contributed by atoms with van der Waals surface area (Å²) in [5.41, 5.74) is 0.803. The van der Waals surface area contributed by atoms with Crippen molar-refractivity contribution in [2.45, 2.75) is 6.92 Å². The van der Waals surface area contributed by atoms with Gasteiger partial charge < -0.3 is 14.5 Å². The molecule has 0 aliphatic rings. The van der Waals surface area contributed by atoms with E-state index in [1.807, 2.05) is 0 Å². The van der Waals surface area contributed by atoms with Gasteiger partial charge in [0, 0.05) is 24.6 Å². The van der Waals surface area contributed by atoms with E-state index in [0.29, 0.717) is 16.5 Å². The number of esters is 1. The second kappa shape index (κ2) is 4.06. The molecule has 1 N–H and O–H groups in total. The molecule has 0 saturated carbocycles. The lowest BCUT2D eigenvalue weighted by molar-refractivity contribution is -0.131. The van der Waals surface area contributed by atoms with Crippen LogP contribution >= 0.6 is 11.6 Å². The second-order valence-corrected chi connectivity index (χ2v) is 3.69. The molecule has 0 spiro atoms. The molecule has 0 unspecified atom stereocenters. The van der Waals surface area contributed by atoms with Crippen molar-refractivity contribution in [3.8, 4) is 11.5 Å². The third kappa shape index (κ3) is 1.84. The number of aromatic nitrogens is 1. The van der Waals surface area contributed by atoms with Crippen molar-refractivity contribution in [2.75, 3.05) is 7.11 Å². The van der Waals surface area contributed by atoms with Crippen molar-refractivity contribution >= 4 is 28.5 Å². The van der Waals surface area contributed by atoms with E-state index in [2.05, 4.69) is 4.98 Å². The summed E-state index contributed by atoms with van der Waals surface area (Å²) in [6.45, 7) is 1.35. The van der Waals surface area contributed by atoms with Crippen molar-refractivity contribution in [2.24, 2.45) is 0 Å². The maximum absolute atomic E-state index is 10.9. The van der Waals surface area contributed by atoms with E-state index in [4.69, 9.17) is 21.1 Å². The molecule has 2 rings (SSSR count). The number of aromatic amines is 1. The molecule has 0 amide bonds. The quantitative estimate of drug-likeness (QED) is 0.820. The van der Waals surface area contributed by atoms with E-state index in [1.54, 1.807) is 25.4 Å². The van der Waals surface area contributed by atoms with E-state index in [1.165, 1.54) is 6.92 Å². The number of methoxy groups -OCH3 is 1. The fourth-order valence-corrected chi connectivity index (χ4v) is 1.73. The van der Waals surface area contributed by atoms with E-state index in [0.717, 1.165) is 10.9 Å². The van der Waals surface area contributed by atoms with Crippen molar-refractivity contribution < 1.29 is 14.3 Å². The summed E-state index contributed by atoms with van der Waals surface area (Å²) in [5, 5.41) is 1.23. The van der Waals surface area contributed by atoms with Crippen molar-refractivity contribution in [3.63, 3.8) is 0 Å². The maximum atomic E-state index is 10.9. The van der Waals surface area contributed by atoms with Crippen LogP contribution in [-0.4, -0.2) is 18.1 Å². The molecule has 0 saturated heterocycles. The number of H-pyrrole nitrogens is 1. The number of hydrogen-bond acceptors (Lipinski definition) is 3. The van der Waals surface area contributed by atoms with Crippen LogP contribution in [0.5, 0.6) is 11.5 Å². The Bertz CT molecular complexity index is 547. The summed E-state index contributed by atoms with van der Waals surface area (Å²) in [4.78, 5) is 13.8. The van der Waals surface area contributed by atoms with E-state index in [9.17, 15) is 4.79 Å². The van der Waals surface area contributed by atoms with E-state index >= 15 is 0 Å². The minimum atomic E-state index is -0.368. The maximum Gasteiger partial charge on any atom is 0.308 e. The molecule has 1 heterocycles. The molecule has 84 valence electrons. The monoisotopic (exact) mass is 239 g/mol. The third-order valence-corrected chi connectivity index (χ3v) is 2.47. The first-order valence-electron chi connectivity index (χ1n) is 4.65. The Balaban J connectivity index is 2.55. The summed E-state index contributed by atoms with van der Waals surface area (Å²) < 4.78 is 10.1. The normalized spacial score (nSPS) is 10.4. The zero-order valence-electron chi connectivity index (χ0n) is 8.83. The Morgan fingerprint density at radius 2 is 2.12 bits per heavy atom. The molecule has 0 aliphatic heterocycles. The van der Waals surface area contributed by atoms with Crippen molar-refractivity contribution in [1.82, 2.24) is 4.98 Å². The first kappa shape index (κ1) is 10.8. The fourth-order valence-electron chi connectivity index (χ4n) is 1.49. The first-order chi connectivity index (χ1) is 7.61. The molecular formula is C11H10ClNO3. The van der Waals surface area contributed by atoms with Gasteiger partial charge in [0.05, 0.1) is 17.6 Å². The Kier molecular flexibility index (Phi) is 2.75. The Morgan fingerprint density at radius 1 is 1.38 bits per heavy atom. The van der Waals surface area contributed by atoms with Gasteiger partial charge in [0.15, 0.2) is 5.75 Å². The summed E-state index contributed by atoms with van der Waals surface area (Å²) >= 11 is 5.99. The van der Waals surface area contributed by atoms with Crippen LogP contribution in [0, 0.1) is 0 Å². The highest BCUT2D eigenvalue weighted by Gasteiger charge is 2.10. The Hall–Kier alpha value is -1.68. The van der Waals surface area contributed by atoms with Crippen LogP contribution in [0.1, 0.15) is 6.92 Å². The number of halogens is 1. The van der Waals surface area contributed by atoms with Crippen molar-refractivity contribution in [1.29, 1.82) is 0 Å². The number of fused-ring (bicyclic) bond motifs is 1. The summed E-state index contributed by atoms with van der Waals surface area (Å²) in [5.74, 6) is 0.672. The zero-order valence-corrected chi connectivity index (χ0v) is 9.59. The van der Waals surface area contributed by atoms with Gasteiger partial charge in [-0.1, -0.05) is 11.6 Å². The number of benzene rings is 1. The van der Waals surface area contributed by atoms with Crippen LogP contribution in [0.25, 0.3) is 10.9 Å². The highest BCUT2D eigenvalue weighted by atomic mass is 35.5. The molecular weight excluding hydrogens is 230 g/mol. The first-order valence-corrected chi connectivity index (χ1v) is 5.02. The van der Waals surface area contributed by atoms with Gasteiger partial charge >= 0.3 is 5.97 Å². The van der Waals surface area contributed by atoms with Gasteiger partial charge in [0.1, 0.15) is 5.75 Å². The van der Waals surface area contributed by atoms with Gasteiger partial charge in [-0.3, -0.25) is 4.79 Å². The summed E-state index contributed by atoms with van der Waals surface area (Å²) in [6.07, 6.45) is 1.61. The number of carbonyl (C=O) groups is 1. The van der Waals surface area contributed by atoms with E-state index < -0.39 is 0 Å². The lowest BCUT2D eigenvalue weighted by Crippen LogP contribution is -2.00.